The lowest BCUT2D eigenvalue weighted by Crippen LogP contribution is -2.19. The molecule has 0 bridgehead atoms. The monoisotopic (exact) mass is 283 g/mol. The number of esters is 1. The lowest BCUT2D eigenvalue weighted by molar-refractivity contribution is -0.136. The second-order valence-electron chi connectivity index (χ2n) is 5.00. The number of fused-ring (bicyclic) bond motifs is 1. The lowest BCUT2D eigenvalue weighted by Gasteiger charge is -2.23. The second-order valence-corrected chi connectivity index (χ2v) is 5.00. The van der Waals surface area contributed by atoms with Crippen molar-refractivity contribution in [3.63, 3.8) is 0 Å². The summed E-state index contributed by atoms with van der Waals surface area (Å²) in [4.78, 5) is 12.1. The first kappa shape index (κ1) is 12.0. The van der Waals surface area contributed by atoms with E-state index in [-0.39, 0.29) is 18.5 Å². The number of methoxy groups -OCH3 is 1. The Labute approximate surface area is 120 Å². The molecular formula is C15H13N3O3. The Morgan fingerprint density at radius 1 is 1.33 bits per heavy atom. The van der Waals surface area contributed by atoms with Crippen molar-refractivity contribution >= 4 is 11.8 Å². The van der Waals surface area contributed by atoms with Gasteiger partial charge in [0.25, 0.3) is 0 Å². The van der Waals surface area contributed by atoms with Crippen LogP contribution >= 0.6 is 0 Å². The fraction of sp³-hybridized carbons (Fsp3) is 0.200. The minimum absolute atomic E-state index is 0.170. The van der Waals surface area contributed by atoms with Crippen LogP contribution < -0.4 is 10.1 Å². The van der Waals surface area contributed by atoms with Gasteiger partial charge in [-0.05, 0) is 17.7 Å². The summed E-state index contributed by atoms with van der Waals surface area (Å²) in [5, 5.41) is 10.2. The number of aromatic amines is 1. The third-order valence-electron chi connectivity index (χ3n) is 3.89. The molecule has 3 heterocycles. The highest BCUT2D eigenvalue weighted by molar-refractivity contribution is 5.96. The molecule has 6 heteroatoms. The lowest BCUT2D eigenvalue weighted by atomic mass is 9.83. The number of carbonyl (C=O) groups is 1. The summed E-state index contributed by atoms with van der Waals surface area (Å²) < 4.78 is 10.3. The van der Waals surface area contributed by atoms with Crippen molar-refractivity contribution in [2.24, 2.45) is 0 Å². The maximum atomic E-state index is 12.1. The van der Waals surface area contributed by atoms with Crippen LogP contribution in [0, 0.1) is 0 Å². The van der Waals surface area contributed by atoms with Gasteiger partial charge in [-0.3, -0.25) is 5.10 Å². The average Bonchev–Trinajstić information content (AvgIpc) is 3.12. The van der Waals surface area contributed by atoms with E-state index < -0.39 is 0 Å². The van der Waals surface area contributed by atoms with Gasteiger partial charge in [0.05, 0.1) is 24.6 Å². The number of aromatic nitrogens is 2. The van der Waals surface area contributed by atoms with E-state index in [9.17, 15) is 4.79 Å². The number of hydrogen-bond acceptors (Lipinski definition) is 5. The molecule has 2 aliphatic rings. The molecule has 0 saturated heterocycles. The molecule has 2 aromatic rings. The van der Waals surface area contributed by atoms with E-state index in [2.05, 4.69) is 15.5 Å². The highest BCUT2D eigenvalue weighted by Crippen LogP contribution is 2.43. The maximum absolute atomic E-state index is 12.1. The zero-order valence-corrected chi connectivity index (χ0v) is 11.3. The van der Waals surface area contributed by atoms with Crippen molar-refractivity contribution in [2.45, 2.75) is 5.92 Å². The molecule has 1 aromatic heterocycles. The first-order valence-corrected chi connectivity index (χ1v) is 6.62. The summed E-state index contributed by atoms with van der Waals surface area (Å²) >= 11 is 0. The Morgan fingerprint density at radius 3 is 2.90 bits per heavy atom. The largest absolute Gasteiger partial charge is 0.497 e. The molecule has 0 amide bonds. The molecular weight excluding hydrogens is 270 g/mol. The van der Waals surface area contributed by atoms with Crippen LogP contribution in [0.1, 0.15) is 17.0 Å². The van der Waals surface area contributed by atoms with Gasteiger partial charge in [-0.15, -0.1) is 0 Å². The quantitative estimate of drug-likeness (QED) is 0.822. The molecule has 21 heavy (non-hydrogen) atoms. The number of hydrogen-bond donors (Lipinski definition) is 2. The second kappa shape index (κ2) is 4.37. The van der Waals surface area contributed by atoms with Crippen molar-refractivity contribution < 1.29 is 14.3 Å². The standard InChI is InChI=1S/C15H13N3O3/c1-20-9-4-2-8(3-5-9)12-10-6-16-18-14(10)17-11-7-21-15(19)13(11)12/h2-6,12H,7H2,1H3,(H2,16,17,18)/t12-/m1/s1. The van der Waals surface area contributed by atoms with Gasteiger partial charge in [0.15, 0.2) is 0 Å². The zero-order chi connectivity index (χ0) is 14.4. The molecule has 4 rings (SSSR count). The predicted octanol–water partition coefficient (Wildman–Crippen LogP) is 1.79. The van der Waals surface area contributed by atoms with Crippen LogP contribution in [0.25, 0.3) is 0 Å². The molecule has 0 saturated carbocycles. The van der Waals surface area contributed by atoms with Gasteiger partial charge >= 0.3 is 5.97 Å². The van der Waals surface area contributed by atoms with Gasteiger partial charge in [0.2, 0.25) is 0 Å². The number of rotatable bonds is 2. The van der Waals surface area contributed by atoms with E-state index in [0.717, 1.165) is 28.4 Å². The summed E-state index contributed by atoms with van der Waals surface area (Å²) in [6.45, 7) is 0.277. The van der Waals surface area contributed by atoms with Gasteiger partial charge in [-0.2, -0.15) is 5.10 Å². The summed E-state index contributed by atoms with van der Waals surface area (Å²) in [5.41, 5.74) is 3.41. The number of carbonyl (C=O) groups excluding carboxylic acids is 1. The average molecular weight is 283 g/mol. The topological polar surface area (TPSA) is 76.2 Å². The fourth-order valence-corrected chi connectivity index (χ4v) is 2.88. The Balaban J connectivity index is 1.86. The van der Waals surface area contributed by atoms with Crippen molar-refractivity contribution in [1.29, 1.82) is 0 Å². The number of nitrogens with one attached hydrogen (secondary N) is 2. The van der Waals surface area contributed by atoms with Crippen LogP contribution in [0.2, 0.25) is 0 Å². The van der Waals surface area contributed by atoms with E-state index in [4.69, 9.17) is 9.47 Å². The minimum atomic E-state index is -0.273. The summed E-state index contributed by atoms with van der Waals surface area (Å²) in [6.07, 6.45) is 1.74. The van der Waals surface area contributed by atoms with Crippen molar-refractivity contribution in [1.82, 2.24) is 10.2 Å². The maximum Gasteiger partial charge on any atom is 0.337 e. The van der Waals surface area contributed by atoms with E-state index in [0.29, 0.717) is 5.57 Å². The van der Waals surface area contributed by atoms with Crippen LogP contribution in [0.4, 0.5) is 5.82 Å². The van der Waals surface area contributed by atoms with Gasteiger partial charge in [-0.1, -0.05) is 12.1 Å². The normalized spacial score (nSPS) is 19.7. The number of nitrogens with zero attached hydrogens (tertiary/aromatic N) is 1. The zero-order valence-electron chi connectivity index (χ0n) is 11.3. The molecule has 0 fully saturated rings. The molecule has 6 nitrogen and oxygen atoms in total. The number of benzene rings is 1. The molecule has 1 atom stereocenters. The van der Waals surface area contributed by atoms with Crippen molar-refractivity contribution in [3.05, 3.63) is 52.9 Å². The van der Waals surface area contributed by atoms with Crippen molar-refractivity contribution in [2.75, 3.05) is 19.0 Å². The minimum Gasteiger partial charge on any atom is -0.497 e. The van der Waals surface area contributed by atoms with Gasteiger partial charge in [0, 0.05) is 11.5 Å². The number of ether oxygens (including phenoxy) is 2. The molecule has 1 aromatic carbocycles. The van der Waals surface area contributed by atoms with E-state index in [1.807, 2.05) is 24.3 Å². The Bertz CT molecular complexity index is 746. The van der Waals surface area contributed by atoms with Crippen LogP contribution in [0.3, 0.4) is 0 Å². The van der Waals surface area contributed by atoms with Crippen LogP contribution in [-0.4, -0.2) is 29.9 Å². The summed E-state index contributed by atoms with van der Waals surface area (Å²) in [5.74, 6) is 1.15. The summed E-state index contributed by atoms with van der Waals surface area (Å²) in [6, 6.07) is 7.69. The van der Waals surface area contributed by atoms with Gasteiger partial charge in [-0.25, -0.2) is 4.79 Å². The Kier molecular flexibility index (Phi) is 2.50. The molecule has 2 N–H and O–H groups in total. The van der Waals surface area contributed by atoms with E-state index >= 15 is 0 Å². The van der Waals surface area contributed by atoms with E-state index in [1.54, 1.807) is 13.3 Å². The van der Waals surface area contributed by atoms with Crippen LogP contribution in [0.15, 0.2) is 41.7 Å². The Hall–Kier alpha value is -2.76. The molecule has 0 unspecified atom stereocenters. The Morgan fingerprint density at radius 2 is 2.14 bits per heavy atom. The third kappa shape index (κ3) is 1.72. The molecule has 0 radical (unpaired) electrons. The first-order chi connectivity index (χ1) is 10.3. The molecule has 0 aliphatic carbocycles. The number of H-pyrrole nitrogens is 1. The highest BCUT2D eigenvalue weighted by Gasteiger charge is 2.39. The highest BCUT2D eigenvalue weighted by atomic mass is 16.5. The predicted molar refractivity (Wildman–Crippen MR) is 75.0 cm³/mol. The smallest absolute Gasteiger partial charge is 0.337 e. The van der Waals surface area contributed by atoms with Gasteiger partial charge < -0.3 is 14.8 Å². The number of anilines is 1. The molecule has 0 spiro atoms. The number of cyclic esters (lactones) is 1. The summed E-state index contributed by atoms with van der Waals surface area (Å²) in [7, 11) is 1.63. The molecule has 106 valence electrons. The van der Waals surface area contributed by atoms with Crippen LogP contribution in [-0.2, 0) is 9.53 Å². The van der Waals surface area contributed by atoms with Gasteiger partial charge in [0.1, 0.15) is 18.2 Å². The SMILES string of the molecule is COc1ccc([C@H]2C3=C(COC3=O)Nc3[nH]ncc32)cc1. The van der Waals surface area contributed by atoms with E-state index in [1.165, 1.54) is 0 Å². The first-order valence-electron chi connectivity index (χ1n) is 6.62. The third-order valence-corrected chi connectivity index (χ3v) is 3.89. The molecule has 2 aliphatic heterocycles. The van der Waals surface area contributed by atoms with Crippen LogP contribution in [0.5, 0.6) is 5.75 Å². The fourth-order valence-electron chi connectivity index (χ4n) is 2.88. The van der Waals surface area contributed by atoms with Crippen molar-refractivity contribution in [3.8, 4) is 5.75 Å².